The van der Waals surface area contributed by atoms with Crippen LogP contribution in [0.5, 0.6) is 0 Å². The van der Waals surface area contributed by atoms with E-state index in [1.807, 2.05) is 25.1 Å². The number of aromatic nitrogens is 2. The van der Waals surface area contributed by atoms with E-state index in [0.29, 0.717) is 0 Å². The van der Waals surface area contributed by atoms with Crippen LogP contribution in [0.15, 0.2) is 12.3 Å². The second-order valence-corrected chi connectivity index (χ2v) is 2.32. The predicted molar refractivity (Wildman–Crippen MR) is 40.8 cm³/mol. The van der Waals surface area contributed by atoms with Gasteiger partial charge in [0.25, 0.3) is 0 Å². The fourth-order valence-corrected chi connectivity index (χ4v) is 0.613. The minimum atomic E-state index is 0.840. The van der Waals surface area contributed by atoms with Crippen molar-refractivity contribution in [2.24, 2.45) is 0 Å². The molecule has 1 rings (SSSR count). The Morgan fingerprint density at radius 2 is 2.20 bits per heavy atom. The standard InChI is InChI=1S/C7H10N3/c1-6-4-7(10(2)3)9-8-5-6/h4-5H,1H2,2-3H3. The van der Waals surface area contributed by atoms with Crippen LogP contribution in [0.4, 0.5) is 5.82 Å². The van der Waals surface area contributed by atoms with Gasteiger partial charge in [-0.3, -0.25) is 0 Å². The zero-order valence-corrected chi connectivity index (χ0v) is 6.20. The molecule has 53 valence electrons. The van der Waals surface area contributed by atoms with Crippen molar-refractivity contribution in [2.75, 3.05) is 19.0 Å². The molecule has 0 amide bonds. The van der Waals surface area contributed by atoms with Crippen LogP contribution < -0.4 is 4.90 Å². The summed E-state index contributed by atoms with van der Waals surface area (Å²) in [6, 6.07) is 1.88. The second kappa shape index (κ2) is 2.64. The van der Waals surface area contributed by atoms with Gasteiger partial charge in [-0.15, -0.1) is 5.10 Å². The summed E-state index contributed by atoms with van der Waals surface area (Å²) in [7, 11) is 3.84. The van der Waals surface area contributed by atoms with Gasteiger partial charge in [0.15, 0.2) is 5.82 Å². The van der Waals surface area contributed by atoms with Crippen LogP contribution >= 0.6 is 0 Å². The molecule has 1 radical (unpaired) electrons. The third kappa shape index (κ3) is 1.43. The highest BCUT2D eigenvalue weighted by Crippen LogP contribution is 2.05. The Balaban J connectivity index is 2.96. The van der Waals surface area contributed by atoms with E-state index >= 15 is 0 Å². The quantitative estimate of drug-likeness (QED) is 0.569. The Morgan fingerprint density at radius 1 is 1.50 bits per heavy atom. The van der Waals surface area contributed by atoms with Gasteiger partial charge in [-0.25, -0.2) is 0 Å². The molecular formula is C7H10N3. The topological polar surface area (TPSA) is 29.0 Å². The Bertz CT molecular complexity index is 220. The molecule has 0 spiro atoms. The molecule has 3 nitrogen and oxygen atoms in total. The number of hydrogen-bond donors (Lipinski definition) is 0. The first-order chi connectivity index (χ1) is 4.70. The molecule has 10 heavy (non-hydrogen) atoms. The molecule has 1 heterocycles. The third-order valence-electron chi connectivity index (χ3n) is 1.16. The average Bonchev–Trinajstić information content (AvgIpc) is 1.88. The molecule has 0 aliphatic carbocycles. The lowest BCUT2D eigenvalue weighted by molar-refractivity contribution is 0.959. The van der Waals surface area contributed by atoms with Crippen LogP contribution in [-0.2, 0) is 0 Å². The molecule has 0 N–H and O–H groups in total. The van der Waals surface area contributed by atoms with Crippen LogP contribution in [-0.4, -0.2) is 24.3 Å². The molecule has 3 heteroatoms. The van der Waals surface area contributed by atoms with Gasteiger partial charge >= 0.3 is 0 Å². The van der Waals surface area contributed by atoms with Gasteiger partial charge in [-0.1, -0.05) is 0 Å². The fourth-order valence-electron chi connectivity index (χ4n) is 0.613. The molecule has 0 saturated carbocycles. The lowest BCUT2D eigenvalue weighted by Crippen LogP contribution is -2.11. The molecular weight excluding hydrogens is 126 g/mol. The summed E-state index contributed by atoms with van der Waals surface area (Å²) in [6.45, 7) is 3.73. The molecule has 0 bridgehead atoms. The first-order valence-electron chi connectivity index (χ1n) is 3.02. The highest BCUT2D eigenvalue weighted by molar-refractivity contribution is 5.37. The van der Waals surface area contributed by atoms with Crippen LogP contribution in [0.25, 0.3) is 0 Å². The molecule has 0 aliphatic heterocycles. The molecule has 0 aromatic carbocycles. The maximum atomic E-state index is 3.88. The minimum Gasteiger partial charge on any atom is -0.361 e. The van der Waals surface area contributed by atoms with Crippen LogP contribution in [0.3, 0.4) is 0 Å². The van der Waals surface area contributed by atoms with Gasteiger partial charge in [0.2, 0.25) is 0 Å². The third-order valence-corrected chi connectivity index (χ3v) is 1.16. The van der Waals surface area contributed by atoms with Crippen LogP contribution in [0.1, 0.15) is 5.56 Å². The van der Waals surface area contributed by atoms with Crippen molar-refractivity contribution in [3.05, 3.63) is 24.8 Å². The SMILES string of the molecule is [CH2]c1cnnc(N(C)C)c1. The van der Waals surface area contributed by atoms with Gasteiger partial charge in [0, 0.05) is 14.1 Å². The van der Waals surface area contributed by atoms with Gasteiger partial charge in [-0.2, -0.15) is 5.10 Å². The molecule has 0 aliphatic rings. The summed E-state index contributed by atoms with van der Waals surface area (Å²) in [5.74, 6) is 0.840. The van der Waals surface area contributed by atoms with E-state index in [1.165, 1.54) is 0 Å². The Hall–Kier alpha value is -1.12. The van der Waals surface area contributed by atoms with Crippen molar-refractivity contribution >= 4 is 5.82 Å². The second-order valence-electron chi connectivity index (χ2n) is 2.32. The summed E-state index contributed by atoms with van der Waals surface area (Å²) >= 11 is 0. The van der Waals surface area contributed by atoms with Crippen molar-refractivity contribution in [3.8, 4) is 0 Å². The first kappa shape index (κ1) is 6.99. The monoisotopic (exact) mass is 136 g/mol. The van der Waals surface area contributed by atoms with Gasteiger partial charge in [-0.05, 0) is 18.6 Å². The Kier molecular flexibility index (Phi) is 1.85. The van der Waals surface area contributed by atoms with E-state index in [9.17, 15) is 0 Å². The maximum Gasteiger partial charge on any atom is 0.150 e. The molecule has 1 aromatic heterocycles. The summed E-state index contributed by atoms with van der Waals surface area (Å²) in [6.07, 6.45) is 1.63. The van der Waals surface area contributed by atoms with E-state index in [2.05, 4.69) is 17.1 Å². The smallest absolute Gasteiger partial charge is 0.150 e. The number of rotatable bonds is 1. The van der Waals surface area contributed by atoms with E-state index in [-0.39, 0.29) is 0 Å². The van der Waals surface area contributed by atoms with Crippen molar-refractivity contribution < 1.29 is 0 Å². The van der Waals surface area contributed by atoms with E-state index in [1.54, 1.807) is 6.20 Å². The molecule has 0 atom stereocenters. The summed E-state index contributed by atoms with van der Waals surface area (Å²) in [5, 5.41) is 7.63. The molecule has 0 unspecified atom stereocenters. The van der Waals surface area contributed by atoms with E-state index in [4.69, 9.17) is 0 Å². The maximum absolute atomic E-state index is 3.88. The van der Waals surface area contributed by atoms with Crippen molar-refractivity contribution in [1.29, 1.82) is 0 Å². The lowest BCUT2D eigenvalue weighted by Gasteiger charge is -2.09. The number of hydrogen-bond acceptors (Lipinski definition) is 3. The predicted octanol–water partition coefficient (Wildman–Crippen LogP) is 0.725. The van der Waals surface area contributed by atoms with Gasteiger partial charge in [0.05, 0.1) is 6.20 Å². The van der Waals surface area contributed by atoms with Crippen LogP contribution in [0, 0.1) is 6.92 Å². The molecule has 0 saturated heterocycles. The first-order valence-corrected chi connectivity index (χ1v) is 3.02. The minimum absolute atomic E-state index is 0.840. The molecule has 0 fully saturated rings. The number of anilines is 1. The lowest BCUT2D eigenvalue weighted by atomic mass is 10.3. The van der Waals surface area contributed by atoms with Gasteiger partial charge in [0.1, 0.15) is 0 Å². The summed E-state index contributed by atoms with van der Waals surface area (Å²) in [5.41, 5.74) is 0.888. The average molecular weight is 136 g/mol. The molecule has 1 aromatic rings. The Morgan fingerprint density at radius 3 is 2.60 bits per heavy atom. The van der Waals surface area contributed by atoms with Crippen molar-refractivity contribution in [2.45, 2.75) is 0 Å². The largest absolute Gasteiger partial charge is 0.361 e. The van der Waals surface area contributed by atoms with E-state index in [0.717, 1.165) is 11.4 Å². The highest BCUT2D eigenvalue weighted by atomic mass is 15.2. The number of nitrogens with zero attached hydrogens (tertiary/aromatic N) is 3. The van der Waals surface area contributed by atoms with Gasteiger partial charge < -0.3 is 4.90 Å². The van der Waals surface area contributed by atoms with Crippen LogP contribution in [0.2, 0.25) is 0 Å². The Labute approximate surface area is 60.7 Å². The zero-order chi connectivity index (χ0) is 7.56. The highest BCUT2D eigenvalue weighted by Gasteiger charge is 1.95. The van der Waals surface area contributed by atoms with Crippen molar-refractivity contribution in [1.82, 2.24) is 10.2 Å². The summed E-state index contributed by atoms with van der Waals surface area (Å²) in [4.78, 5) is 1.89. The van der Waals surface area contributed by atoms with Crippen molar-refractivity contribution in [3.63, 3.8) is 0 Å². The van der Waals surface area contributed by atoms with E-state index < -0.39 is 0 Å². The zero-order valence-electron chi connectivity index (χ0n) is 6.20. The fraction of sp³-hybridized carbons (Fsp3) is 0.286. The normalized spacial score (nSPS) is 9.50. The summed E-state index contributed by atoms with van der Waals surface area (Å²) < 4.78 is 0.